The number of carbonyl (C=O) groups excluding carboxylic acids is 1. The fourth-order valence-corrected chi connectivity index (χ4v) is 1.94. The van der Waals surface area contributed by atoms with Gasteiger partial charge in [0.05, 0.1) is 12.3 Å². The van der Waals surface area contributed by atoms with E-state index in [0.29, 0.717) is 11.1 Å². The zero-order chi connectivity index (χ0) is 16.9. The molecule has 0 fully saturated rings. The molecule has 0 aliphatic heterocycles. The van der Waals surface area contributed by atoms with Gasteiger partial charge in [-0.1, -0.05) is 18.2 Å². The summed E-state index contributed by atoms with van der Waals surface area (Å²) >= 11 is 0. The van der Waals surface area contributed by atoms with Crippen molar-refractivity contribution in [3.8, 4) is 5.88 Å². The van der Waals surface area contributed by atoms with Crippen LogP contribution in [0.2, 0.25) is 0 Å². The second-order valence-corrected chi connectivity index (χ2v) is 4.68. The molecule has 9 nitrogen and oxygen atoms in total. The summed E-state index contributed by atoms with van der Waals surface area (Å²) in [5.41, 5.74) is 0.919. The number of halogens is 1. The number of aliphatic hydroxyl groups excluding tert-OH is 1. The molecule has 1 aromatic carbocycles. The predicted octanol–water partition coefficient (Wildman–Crippen LogP) is 1.16. The highest BCUT2D eigenvalue weighted by atomic mass is 19.1. The van der Waals surface area contributed by atoms with Crippen molar-refractivity contribution in [2.75, 3.05) is 0 Å². The second kappa shape index (κ2) is 6.69. The number of nitrogens with zero attached hydrogens (tertiary/aromatic N) is 4. The van der Waals surface area contributed by atoms with Crippen LogP contribution in [-0.2, 0) is 11.2 Å². The van der Waals surface area contributed by atoms with Crippen molar-refractivity contribution < 1.29 is 19.0 Å². The number of ether oxygens (including phenoxy) is 1. The Kier molecular flexibility index (Phi) is 4.27. The average Bonchev–Trinajstić information content (AvgIpc) is 3.22. The van der Waals surface area contributed by atoms with Crippen LogP contribution in [0.25, 0.3) is 5.76 Å². The van der Waals surface area contributed by atoms with Crippen LogP contribution < -0.4 is 4.74 Å². The molecular weight excluding hydrogens is 319 g/mol. The molecule has 0 aliphatic rings. The van der Waals surface area contributed by atoms with Crippen LogP contribution in [0.5, 0.6) is 5.88 Å². The molecule has 3 N–H and O–H groups in total. The molecular formula is C14H11FN6O3. The van der Waals surface area contributed by atoms with Crippen LogP contribution in [0, 0.1) is 5.82 Å². The van der Waals surface area contributed by atoms with Crippen LogP contribution in [0.4, 0.5) is 4.39 Å². The Bertz CT molecular complexity index is 874. The molecule has 122 valence electrons. The van der Waals surface area contributed by atoms with Gasteiger partial charge in [0.15, 0.2) is 5.76 Å². The van der Waals surface area contributed by atoms with Gasteiger partial charge in [-0.3, -0.25) is 0 Å². The molecule has 0 spiro atoms. The van der Waals surface area contributed by atoms with Gasteiger partial charge in [-0.15, -0.1) is 10.2 Å². The molecule has 0 amide bonds. The average molecular weight is 330 g/mol. The lowest BCUT2D eigenvalue weighted by atomic mass is 10.1. The monoisotopic (exact) mass is 330 g/mol. The zero-order valence-corrected chi connectivity index (χ0v) is 12.1. The van der Waals surface area contributed by atoms with Crippen LogP contribution in [0.1, 0.15) is 17.0 Å². The van der Waals surface area contributed by atoms with E-state index in [-0.39, 0.29) is 23.9 Å². The zero-order valence-electron chi connectivity index (χ0n) is 12.1. The molecule has 0 bridgehead atoms. The van der Waals surface area contributed by atoms with E-state index in [0.717, 1.165) is 6.08 Å². The highest BCUT2D eigenvalue weighted by molar-refractivity contribution is 5.89. The maximum atomic E-state index is 13.7. The Hall–Kier alpha value is -3.56. The molecule has 0 atom stereocenters. The molecule has 2 aromatic heterocycles. The number of rotatable bonds is 5. The van der Waals surface area contributed by atoms with E-state index in [1.165, 1.54) is 12.3 Å². The lowest BCUT2D eigenvalue weighted by Crippen LogP contribution is -2.07. The number of aromatic amines is 2. The molecule has 2 heterocycles. The van der Waals surface area contributed by atoms with Gasteiger partial charge in [-0.25, -0.2) is 14.3 Å². The molecule has 0 saturated heterocycles. The predicted molar refractivity (Wildman–Crippen MR) is 78.2 cm³/mol. The van der Waals surface area contributed by atoms with Gasteiger partial charge in [0.2, 0.25) is 11.7 Å². The molecule has 24 heavy (non-hydrogen) atoms. The highest BCUT2D eigenvalue weighted by Gasteiger charge is 2.14. The standard InChI is InChI=1S/C14H11FN6O3/c15-10-4-2-1-3-8(10)5-9-7-16-19-14(9)24-12(23)6-11(22)13-17-20-21-18-13/h1-4,6-7,22H,5H2,(H,16,19)(H,17,18,20,21). The van der Waals surface area contributed by atoms with Gasteiger partial charge in [-0.05, 0) is 16.8 Å². The topological polar surface area (TPSA) is 130 Å². The Morgan fingerprint density at radius 1 is 1.33 bits per heavy atom. The molecule has 10 heteroatoms. The maximum absolute atomic E-state index is 13.7. The van der Waals surface area contributed by atoms with Crippen molar-refractivity contribution in [3.05, 3.63) is 59.3 Å². The number of hydrogen-bond acceptors (Lipinski definition) is 7. The molecule has 0 saturated carbocycles. The Morgan fingerprint density at radius 3 is 2.92 bits per heavy atom. The molecule has 3 aromatic rings. The normalized spacial score (nSPS) is 11.5. The summed E-state index contributed by atoms with van der Waals surface area (Å²) < 4.78 is 18.8. The van der Waals surface area contributed by atoms with E-state index < -0.39 is 11.7 Å². The van der Waals surface area contributed by atoms with Crippen LogP contribution in [0.3, 0.4) is 0 Å². The number of carbonyl (C=O) groups is 1. The number of esters is 1. The van der Waals surface area contributed by atoms with E-state index in [9.17, 15) is 14.3 Å². The van der Waals surface area contributed by atoms with Gasteiger partial charge < -0.3 is 9.84 Å². The van der Waals surface area contributed by atoms with Crippen molar-refractivity contribution in [1.82, 2.24) is 30.8 Å². The van der Waals surface area contributed by atoms with E-state index in [1.54, 1.807) is 18.2 Å². The smallest absolute Gasteiger partial charge is 0.341 e. The van der Waals surface area contributed by atoms with E-state index in [1.807, 2.05) is 0 Å². The summed E-state index contributed by atoms with van der Waals surface area (Å²) in [7, 11) is 0. The van der Waals surface area contributed by atoms with Crippen LogP contribution in [-0.4, -0.2) is 41.9 Å². The van der Waals surface area contributed by atoms with Crippen molar-refractivity contribution in [2.24, 2.45) is 0 Å². The van der Waals surface area contributed by atoms with Gasteiger partial charge >= 0.3 is 5.97 Å². The second-order valence-electron chi connectivity index (χ2n) is 4.68. The molecule has 0 unspecified atom stereocenters. The summed E-state index contributed by atoms with van der Waals surface area (Å²) in [6.07, 6.45) is 2.41. The van der Waals surface area contributed by atoms with E-state index >= 15 is 0 Å². The summed E-state index contributed by atoms with van der Waals surface area (Å²) in [6.45, 7) is 0. The SMILES string of the molecule is O=C(C=C(O)c1nn[nH]n1)Oc1[nH]ncc1Cc1ccccc1F. The van der Waals surface area contributed by atoms with Crippen molar-refractivity contribution in [2.45, 2.75) is 6.42 Å². The minimum Gasteiger partial charge on any atom is -0.504 e. The minimum atomic E-state index is -0.878. The van der Waals surface area contributed by atoms with E-state index in [4.69, 9.17) is 4.74 Å². The van der Waals surface area contributed by atoms with Gasteiger partial charge in [0, 0.05) is 12.0 Å². The number of hydrogen-bond donors (Lipinski definition) is 3. The number of aromatic nitrogens is 6. The third-order valence-corrected chi connectivity index (χ3v) is 3.05. The van der Waals surface area contributed by atoms with Gasteiger partial charge in [-0.2, -0.15) is 10.3 Å². The highest BCUT2D eigenvalue weighted by Crippen LogP contribution is 2.20. The number of H-pyrrole nitrogens is 2. The number of nitrogens with one attached hydrogen (secondary N) is 2. The fourth-order valence-electron chi connectivity index (χ4n) is 1.94. The first-order valence-electron chi connectivity index (χ1n) is 6.75. The summed E-state index contributed by atoms with van der Waals surface area (Å²) in [6, 6.07) is 6.25. The summed E-state index contributed by atoms with van der Waals surface area (Å²) in [5, 5.41) is 28.4. The van der Waals surface area contributed by atoms with Crippen LogP contribution in [0.15, 0.2) is 36.5 Å². The largest absolute Gasteiger partial charge is 0.504 e. The van der Waals surface area contributed by atoms with Crippen LogP contribution >= 0.6 is 0 Å². The number of aliphatic hydroxyl groups is 1. The number of benzene rings is 1. The Balaban J connectivity index is 1.73. The van der Waals surface area contributed by atoms with E-state index in [2.05, 4.69) is 30.8 Å². The first kappa shape index (κ1) is 15.3. The Morgan fingerprint density at radius 2 is 2.17 bits per heavy atom. The maximum Gasteiger partial charge on any atom is 0.341 e. The molecule has 0 aliphatic carbocycles. The van der Waals surface area contributed by atoms with Crippen molar-refractivity contribution in [1.29, 1.82) is 0 Å². The first-order chi connectivity index (χ1) is 11.6. The summed E-state index contributed by atoms with van der Waals surface area (Å²) in [5.74, 6) is -1.85. The quantitative estimate of drug-likeness (QED) is 0.363. The van der Waals surface area contributed by atoms with Crippen molar-refractivity contribution in [3.63, 3.8) is 0 Å². The third-order valence-electron chi connectivity index (χ3n) is 3.05. The lowest BCUT2D eigenvalue weighted by Gasteiger charge is -2.04. The first-order valence-corrected chi connectivity index (χ1v) is 6.75. The van der Waals surface area contributed by atoms with Gasteiger partial charge in [0.25, 0.3) is 0 Å². The number of tetrazole rings is 1. The summed E-state index contributed by atoms with van der Waals surface area (Å²) in [4.78, 5) is 11.8. The molecule has 3 rings (SSSR count). The van der Waals surface area contributed by atoms with Crippen molar-refractivity contribution >= 4 is 11.7 Å². The third kappa shape index (κ3) is 3.43. The van der Waals surface area contributed by atoms with Gasteiger partial charge in [0.1, 0.15) is 5.82 Å². The Labute approximate surface area is 134 Å². The fraction of sp³-hybridized carbons (Fsp3) is 0.0714. The lowest BCUT2D eigenvalue weighted by molar-refractivity contribution is -0.129. The molecule has 0 radical (unpaired) electrons. The minimum absolute atomic E-state index is 0.0559.